The van der Waals surface area contributed by atoms with Gasteiger partial charge in [0, 0.05) is 5.92 Å². The Balaban J connectivity index is 2.15. The van der Waals surface area contributed by atoms with Crippen LogP contribution in [0, 0.1) is 23.2 Å². The Labute approximate surface area is 80.2 Å². The van der Waals surface area contributed by atoms with E-state index in [9.17, 15) is 4.79 Å². The van der Waals surface area contributed by atoms with Gasteiger partial charge in [0.2, 0.25) is 0 Å². The van der Waals surface area contributed by atoms with E-state index in [1.807, 2.05) is 0 Å². The second-order valence-electron chi connectivity index (χ2n) is 5.15. The van der Waals surface area contributed by atoms with Crippen LogP contribution in [-0.4, -0.2) is 5.78 Å². The first-order valence-electron chi connectivity index (χ1n) is 5.23. The lowest BCUT2D eigenvalue weighted by Gasteiger charge is -2.59. The Bertz CT molecular complexity index is 250. The van der Waals surface area contributed by atoms with Crippen LogP contribution in [-0.2, 0) is 4.79 Å². The summed E-state index contributed by atoms with van der Waals surface area (Å²) in [5.41, 5.74) is 0.418. The molecule has 0 saturated heterocycles. The normalized spacial score (nSPS) is 40.6. The zero-order chi connectivity index (χ0) is 9.64. The minimum Gasteiger partial charge on any atom is -0.295 e. The molecule has 3 rings (SSSR count). The van der Waals surface area contributed by atoms with Crippen LogP contribution in [0.5, 0.6) is 0 Å². The van der Waals surface area contributed by atoms with E-state index in [4.69, 9.17) is 0 Å². The van der Waals surface area contributed by atoms with Gasteiger partial charge in [0.15, 0.2) is 5.78 Å². The van der Waals surface area contributed by atoms with Crippen LogP contribution < -0.4 is 0 Å². The second-order valence-corrected chi connectivity index (χ2v) is 5.15. The second kappa shape index (κ2) is 2.70. The Morgan fingerprint density at radius 1 is 1.46 bits per heavy atom. The Morgan fingerprint density at radius 2 is 2.15 bits per heavy atom. The molecule has 72 valence electrons. The number of hydrogen-bond acceptors (Lipinski definition) is 1. The minimum absolute atomic E-state index is 0.274. The van der Waals surface area contributed by atoms with Crippen molar-refractivity contribution in [1.82, 2.24) is 0 Å². The number of carbonyl (C=O) groups is 1. The maximum Gasteiger partial charge on any atom is 0.158 e. The molecule has 0 amide bonds. The van der Waals surface area contributed by atoms with Crippen molar-refractivity contribution in [3.63, 3.8) is 0 Å². The fraction of sp³-hybridized carbons (Fsp3) is 0.750. The molecule has 3 atom stereocenters. The average Bonchev–Trinajstić information content (AvgIpc) is 2.16. The molecule has 1 nitrogen and oxygen atoms in total. The van der Waals surface area contributed by atoms with E-state index < -0.39 is 0 Å². The lowest BCUT2D eigenvalue weighted by molar-refractivity contribution is -0.141. The zero-order valence-corrected chi connectivity index (χ0v) is 8.55. The third-order valence-corrected chi connectivity index (χ3v) is 4.42. The highest BCUT2D eigenvalue weighted by atomic mass is 16.1. The molecule has 0 aromatic rings. The first-order chi connectivity index (χ1) is 6.07. The molecular weight excluding hydrogens is 160 g/mol. The molecule has 2 bridgehead atoms. The van der Waals surface area contributed by atoms with Gasteiger partial charge < -0.3 is 0 Å². The van der Waals surface area contributed by atoms with Gasteiger partial charge in [-0.2, -0.15) is 0 Å². The average molecular weight is 178 g/mol. The summed E-state index contributed by atoms with van der Waals surface area (Å²) in [6.07, 6.45) is 5.13. The quantitative estimate of drug-likeness (QED) is 0.594. The molecule has 13 heavy (non-hydrogen) atoms. The van der Waals surface area contributed by atoms with E-state index in [1.165, 1.54) is 18.9 Å². The number of rotatable bonds is 2. The van der Waals surface area contributed by atoms with E-state index >= 15 is 0 Å². The summed E-state index contributed by atoms with van der Waals surface area (Å²) in [5.74, 6) is 2.08. The van der Waals surface area contributed by atoms with Crippen LogP contribution in [0.25, 0.3) is 0 Å². The van der Waals surface area contributed by atoms with Crippen molar-refractivity contribution in [1.29, 1.82) is 0 Å². The Kier molecular flexibility index (Phi) is 1.86. The van der Waals surface area contributed by atoms with Gasteiger partial charge in [0.25, 0.3) is 0 Å². The minimum atomic E-state index is 0.274. The molecule has 3 aliphatic carbocycles. The summed E-state index contributed by atoms with van der Waals surface area (Å²) in [5, 5.41) is 0. The fourth-order valence-electron chi connectivity index (χ4n) is 3.30. The smallest absolute Gasteiger partial charge is 0.158 e. The highest BCUT2D eigenvalue weighted by Gasteiger charge is 2.55. The molecule has 0 N–H and O–H groups in total. The molecule has 0 aromatic heterocycles. The van der Waals surface area contributed by atoms with Gasteiger partial charge in [0.1, 0.15) is 0 Å². The van der Waals surface area contributed by atoms with Gasteiger partial charge >= 0.3 is 0 Å². The third-order valence-electron chi connectivity index (χ3n) is 4.42. The largest absolute Gasteiger partial charge is 0.295 e. The van der Waals surface area contributed by atoms with Gasteiger partial charge in [-0.15, -0.1) is 0 Å². The summed E-state index contributed by atoms with van der Waals surface area (Å²) >= 11 is 0. The zero-order valence-electron chi connectivity index (χ0n) is 8.55. The number of carbonyl (C=O) groups excluding carboxylic acids is 1. The van der Waals surface area contributed by atoms with Gasteiger partial charge in [0.05, 0.1) is 0 Å². The molecule has 1 heteroatoms. The van der Waals surface area contributed by atoms with E-state index in [2.05, 4.69) is 20.4 Å². The topological polar surface area (TPSA) is 17.1 Å². The van der Waals surface area contributed by atoms with Crippen molar-refractivity contribution < 1.29 is 4.79 Å². The van der Waals surface area contributed by atoms with Gasteiger partial charge in [-0.1, -0.05) is 20.4 Å². The Hall–Kier alpha value is -0.590. The first kappa shape index (κ1) is 8.98. The van der Waals surface area contributed by atoms with Crippen LogP contribution in [0.3, 0.4) is 0 Å². The Morgan fingerprint density at radius 3 is 2.62 bits per heavy atom. The highest BCUT2D eigenvalue weighted by Crippen LogP contribution is 2.61. The van der Waals surface area contributed by atoms with E-state index in [0.29, 0.717) is 11.3 Å². The fourth-order valence-corrected chi connectivity index (χ4v) is 3.30. The highest BCUT2D eigenvalue weighted by molar-refractivity contribution is 5.91. The van der Waals surface area contributed by atoms with Crippen LogP contribution >= 0.6 is 0 Å². The van der Waals surface area contributed by atoms with E-state index in [1.54, 1.807) is 0 Å². The van der Waals surface area contributed by atoms with E-state index in [0.717, 1.165) is 12.3 Å². The number of fused-ring (bicyclic) bond motifs is 2. The first-order valence-corrected chi connectivity index (χ1v) is 5.23. The molecule has 0 radical (unpaired) electrons. The summed E-state index contributed by atoms with van der Waals surface area (Å²) in [6, 6.07) is 0. The molecule has 0 aromatic carbocycles. The molecule has 3 fully saturated rings. The van der Waals surface area contributed by atoms with Crippen LogP contribution in [0.1, 0.15) is 33.1 Å². The predicted octanol–water partition coefficient (Wildman–Crippen LogP) is 2.81. The van der Waals surface area contributed by atoms with Crippen LogP contribution in [0.2, 0.25) is 0 Å². The standard InChI is InChI=1S/C12H18O/c1-4-11(13)9-6-5-8-7-10(9)12(8,2)3/h4,8-10H,1,5-7H2,2-3H3. The number of hydrogen-bond donors (Lipinski definition) is 0. The number of allylic oxidation sites excluding steroid dienone is 1. The SMILES string of the molecule is C=CC(=O)C1CCC2CC1C2(C)C. The van der Waals surface area contributed by atoms with Crippen molar-refractivity contribution in [2.75, 3.05) is 0 Å². The number of ketones is 1. The molecule has 0 aliphatic heterocycles. The predicted molar refractivity (Wildman–Crippen MR) is 53.3 cm³/mol. The van der Waals surface area contributed by atoms with Crippen molar-refractivity contribution in [2.24, 2.45) is 23.2 Å². The molecule has 3 unspecified atom stereocenters. The summed E-state index contributed by atoms with van der Waals surface area (Å²) in [7, 11) is 0. The molecule has 3 saturated carbocycles. The molecule has 0 spiro atoms. The molecular formula is C12H18O. The van der Waals surface area contributed by atoms with Crippen LogP contribution in [0.15, 0.2) is 12.7 Å². The van der Waals surface area contributed by atoms with Crippen molar-refractivity contribution >= 4 is 5.78 Å². The monoisotopic (exact) mass is 178 g/mol. The summed E-state index contributed by atoms with van der Waals surface area (Å²) in [6.45, 7) is 8.21. The van der Waals surface area contributed by atoms with Gasteiger partial charge in [-0.3, -0.25) is 4.79 Å². The van der Waals surface area contributed by atoms with Crippen molar-refractivity contribution in [3.8, 4) is 0 Å². The van der Waals surface area contributed by atoms with Crippen molar-refractivity contribution in [2.45, 2.75) is 33.1 Å². The van der Waals surface area contributed by atoms with Gasteiger partial charge in [-0.05, 0) is 42.6 Å². The maximum absolute atomic E-state index is 11.6. The summed E-state index contributed by atoms with van der Waals surface area (Å²) in [4.78, 5) is 11.6. The van der Waals surface area contributed by atoms with Crippen molar-refractivity contribution in [3.05, 3.63) is 12.7 Å². The lowest BCUT2D eigenvalue weighted by Crippen LogP contribution is -2.53. The lowest BCUT2D eigenvalue weighted by atomic mass is 9.45. The van der Waals surface area contributed by atoms with E-state index in [-0.39, 0.29) is 11.7 Å². The third kappa shape index (κ3) is 1.09. The molecule has 0 heterocycles. The maximum atomic E-state index is 11.6. The molecule has 3 aliphatic rings. The summed E-state index contributed by atoms with van der Waals surface area (Å²) < 4.78 is 0. The van der Waals surface area contributed by atoms with Gasteiger partial charge in [-0.25, -0.2) is 0 Å². The van der Waals surface area contributed by atoms with Crippen LogP contribution in [0.4, 0.5) is 0 Å².